The molecule has 0 spiro atoms. The molecule has 19 heavy (non-hydrogen) atoms. The molecule has 0 unspecified atom stereocenters. The van der Waals surface area contributed by atoms with Crippen molar-refractivity contribution in [2.75, 3.05) is 10.6 Å². The molecule has 0 fully saturated rings. The van der Waals surface area contributed by atoms with Crippen molar-refractivity contribution in [2.45, 2.75) is 26.7 Å². The Morgan fingerprint density at radius 3 is 2.42 bits per heavy atom. The van der Waals surface area contributed by atoms with Crippen LogP contribution < -0.4 is 10.6 Å². The van der Waals surface area contributed by atoms with Crippen LogP contribution in [0.3, 0.4) is 0 Å². The van der Waals surface area contributed by atoms with E-state index < -0.39 is 0 Å². The van der Waals surface area contributed by atoms with E-state index in [1.165, 1.54) is 0 Å². The van der Waals surface area contributed by atoms with Gasteiger partial charge in [0.05, 0.1) is 0 Å². The molecule has 0 bridgehead atoms. The monoisotopic (exact) mass is 258 g/mol. The Hall–Kier alpha value is -2.30. The fourth-order valence-electron chi connectivity index (χ4n) is 1.99. The molecule has 0 saturated carbocycles. The minimum atomic E-state index is -0.287. The van der Waals surface area contributed by atoms with E-state index in [0.717, 1.165) is 29.7 Å². The summed E-state index contributed by atoms with van der Waals surface area (Å²) in [6.07, 6.45) is 5.01. The maximum absolute atomic E-state index is 11.9. The third-order valence-corrected chi connectivity index (χ3v) is 2.97. The van der Waals surface area contributed by atoms with E-state index in [9.17, 15) is 4.79 Å². The number of nitrogens with one attached hydrogen (secondary N) is 3. The molecule has 2 rings (SSSR count). The predicted octanol–water partition coefficient (Wildman–Crippen LogP) is 3.18. The van der Waals surface area contributed by atoms with Gasteiger partial charge >= 0.3 is 6.03 Å². The molecule has 1 heterocycles. The molecular weight excluding hydrogens is 240 g/mol. The van der Waals surface area contributed by atoms with Gasteiger partial charge < -0.3 is 10.3 Å². The number of aryl methyl sites for hydroxylation is 2. The van der Waals surface area contributed by atoms with Crippen LogP contribution >= 0.6 is 0 Å². The maximum Gasteiger partial charge on any atom is 0.326 e. The number of carbonyl (C=O) groups is 1. The van der Waals surface area contributed by atoms with Crippen LogP contribution in [0.15, 0.2) is 30.6 Å². The van der Waals surface area contributed by atoms with E-state index in [4.69, 9.17) is 0 Å². The number of urea groups is 1. The highest BCUT2D eigenvalue weighted by molar-refractivity contribution is 5.99. The van der Waals surface area contributed by atoms with Crippen molar-refractivity contribution < 1.29 is 4.79 Å². The van der Waals surface area contributed by atoms with Gasteiger partial charge in [-0.2, -0.15) is 0 Å². The number of amides is 2. The number of H-pyrrole nitrogens is 1. The number of aromatic amines is 1. The SMILES string of the molecule is CCc1cccc(CC)c1NC(=O)Nc1ncc[nH]1. The van der Waals surface area contributed by atoms with Crippen molar-refractivity contribution in [3.63, 3.8) is 0 Å². The third-order valence-electron chi connectivity index (χ3n) is 2.97. The van der Waals surface area contributed by atoms with Crippen molar-refractivity contribution in [2.24, 2.45) is 0 Å². The van der Waals surface area contributed by atoms with Gasteiger partial charge in [0, 0.05) is 18.1 Å². The van der Waals surface area contributed by atoms with Crippen LogP contribution in [0.1, 0.15) is 25.0 Å². The second kappa shape index (κ2) is 6.04. The number of benzene rings is 1. The summed E-state index contributed by atoms with van der Waals surface area (Å²) >= 11 is 0. The minimum Gasteiger partial charge on any atom is -0.331 e. The number of hydrogen-bond acceptors (Lipinski definition) is 2. The van der Waals surface area contributed by atoms with Gasteiger partial charge in [-0.15, -0.1) is 0 Å². The zero-order valence-corrected chi connectivity index (χ0v) is 11.2. The standard InChI is InChI=1S/C14H18N4O/c1-3-10-6-5-7-11(4-2)12(10)17-14(19)18-13-15-8-9-16-13/h5-9H,3-4H2,1-2H3,(H3,15,16,17,18,19). The van der Waals surface area contributed by atoms with Gasteiger partial charge in [-0.05, 0) is 24.0 Å². The predicted molar refractivity (Wildman–Crippen MR) is 76.4 cm³/mol. The van der Waals surface area contributed by atoms with Crippen LogP contribution in [-0.2, 0) is 12.8 Å². The second-order valence-corrected chi connectivity index (χ2v) is 4.18. The number of imidazole rings is 1. The third kappa shape index (κ3) is 3.13. The Bertz CT molecular complexity index is 526. The number of aromatic nitrogens is 2. The fourth-order valence-corrected chi connectivity index (χ4v) is 1.99. The quantitative estimate of drug-likeness (QED) is 0.788. The van der Waals surface area contributed by atoms with Crippen molar-refractivity contribution >= 4 is 17.7 Å². The van der Waals surface area contributed by atoms with E-state index in [-0.39, 0.29) is 6.03 Å². The summed E-state index contributed by atoms with van der Waals surface area (Å²) in [4.78, 5) is 18.7. The summed E-state index contributed by atoms with van der Waals surface area (Å²) in [5.74, 6) is 0.435. The Balaban J connectivity index is 2.15. The van der Waals surface area contributed by atoms with Gasteiger partial charge in [-0.1, -0.05) is 32.0 Å². The molecule has 0 aliphatic carbocycles. The van der Waals surface area contributed by atoms with E-state index in [1.54, 1.807) is 12.4 Å². The number of nitrogens with zero attached hydrogens (tertiary/aromatic N) is 1. The zero-order valence-electron chi connectivity index (χ0n) is 11.2. The molecule has 5 heteroatoms. The molecule has 5 nitrogen and oxygen atoms in total. The molecule has 0 radical (unpaired) electrons. The van der Waals surface area contributed by atoms with Crippen LogP contribution in [0.5, 0.6) is 0 Å². The van der Waals surface area contributed by atoms with Crippen LogP contribution in [0.2, 0.25) is 0 Å². The first kappa shape index (κ1) is 13.1. The highest BCUT2D eigenvalue weighted by atomic mass is 16.2. The van der Waals surface area contributed by atoms with Crippen molar-refractivity contribution in [1.29, 1.82) is 0 Å². The zero-order chi connectivity index (χ0) is 13.7. The van der Waals surface area contributed by atoms with Crippen LogP contribution in [0.25, 0.3) is 0 Å². The fraction of sp³-hybridized carbons (Fsp3) is 0.286. The Morgan fingerprint density at radius 1 is 1.21 bits per heavy atom. The number of carbonyl (C=O) groups excluding carboxylic acids is 1. The van der Waals surface area contributed by atoms with Crippen LogP contribution in [0.4, 0.5) is 16.4 Å². The molecule has 0 aliphatic rings. The molecule has 2 aromatic rings. The summed E-state index contributed by atoms with van der Waals surface area (Å²) < 4.78 is 0. The lowest BCUT2D eigenvalue weighted by atomic mass is 10.0. The highest BCUT2D eigenvalue weighted by Crippen LogP contribution is 2.22. The highest BCUT2D eigenvalue weighted by Gasteiger charge is 2.10. The van der Waals surface area contributed by atoms with Crippen molar-refractivity contribution in [1.82, 2.24) is 9.97 Å². The number of rotatable bonds is 4. The first-order valence-corrected chi connectivity index (χ1v) is 6.42. The van der Waals surface area contributed by atoms with E-state index in [1.807, 2.05) is 18.2 Å². The lowest BCUT2D eigenvalue weighted by Gasteiger charge is -2.14. The van der Waals surface area contributed by atoms with Gasteiger partial charge in [-0.25, -0.2) is 9.78 Å². The summed E-state index contributed by atoms with van der Waals surface area (Å²) in [7, 11) is 0. The van der Waals surface area contributed by atoms with Gasteiger partial charge in [0.15, 0.2) is 0 Å². The average molecular weight is 258 g/mol. The van der Waals surface area contributed by atoms with Gasteiger partial charge in [0.2, 0.25) is 5.95 Å². The van der Waals surface area contributed by atoms with Crippen molar-refractivity contribution in [3.8, 4) is 0 Å². The number of para-hydroxylation sites is 1. The van der Waals surface area contributed by atoms with E-state index >= 15 is 0 Å². The van der Waals surface area contributed by atoms with Crippen LogP contribution in [-0.4, -0.2) is 16.0 Å². The molecule has 100 valence electrons. The summed E-state index contributed by atoms with van der Waals surface area (Å²) in [5.41, 5.74) is 3.17. The molecule has 1 aromatic carbocycles. The first-order chi connectivity index (χ1) is 9.24. The number of hydrogen-bond donors (Lipinski definition) is 3. The van der Waals surface area contributed by atoms with Gasteiger partial charge in [0.25, 0.3) is 0 Å². The Morgan fingerprint density at radius 2 is 1.89 bits per heavy atom. The minimum absolute atomic E-state index is 0.287. The lowest BCUT2D eigenvalue weighted by Crippen LogP contribution is -2.21. The summed E-state index contributed by atoms with van der Waals surface area (Å²) in [6, 6.07) is 5.79. The topological polar surface area (TPSA) is 69.8 Å². The lowest BCUT2D eigenvalue weighted by molar-refractivity contribution is 0.262. The normalized spacial score (nSPS) is 10.2. The van der Waals surface area contributed by atoms with E-state index in [0.29, 0.717) is 5.95 Å². The average Bonchev–Trinajstić information content (AvgIpc) is 2.91. The molecule has 1 aromatic heterocycles. The maximum atomic E-state index is 11.9. The molecular formula is C14H18N4O. The van der Waals surface area contributed by atoms with Gasteiger partial charge in [0.1, 0.15) is 0 Å². The Kier molecular flexibility index (Phi) is 4.18. The molecule has 0 atom stereocenters. The summed E-state index contributed by atoms with van der Waals surface area (Å²) in [5, 5.41) is 5.57. The van der Waals surface area contributed by atoms with Crippen LogP contribution in [0, 0.1) is 0 Å². The summed E-state index contributed by atoms with van der Waals surface area (Å²) in [6.45, 7) is 4.15. The number of anilines is 2. The second-order valence-electron chi connectivity index (χ2n) is 4.18. The van der Waals surface area contributed by atoms with Crippen molar-refractivity contribution in [3.05, 3.63) is 41.7 Å². The molecule has 2 amide bonds. The largest absolute Gasteiger partial charge is 0.331 e. The van der Waals surface area contributed by atoms with E-state index in [2.05, 4.69) is 34.4 Å². The van der Waals surface area contributed by atoms with Gasteiger partial charge in [-0.3, -0.25) is 5.32 Å². The molecule has 3 N–H and O–H groups in total. The molecule has 0 saturated heterocycles. The Labute approximate surface area is 112 Å². The smallest absolute Gasteiger partial charge is 0.326 e. The molecule has 0 aliphatic heterocycles. The first-order valence-electron chi connectivity index (χ1n) is 6.42.